The maximum absolute atomic E-state index is 5.96. The number of likely N-dealkylation sites (N-methyl/N-ethyl adjacent to an activating group) is 1. The van der Waals surface area contributed by atoms with Crippen LogP contribution in [0.15, 0.2) is 29.3 Å². The minimum atomic E-state index is 0.256. The number of benzene rings is 1. The molecule has 3 rings (SSSR count). The monoisotopic (exact) mass is 279 g/mol. The van der Waals surface area contributed by atoms with Crippen LogP contribution in [-0.2, 0) is 4.74 Å². The molecule has 0 aromatic heterocycles. The van der Waals surface area contributed by atoms with Crippen molar-refractivity contribution in [2.75, 3.05) is 7.05 Å². The van der Waals surface area contributed by atoms with Gasteiger partial charge in [0.2, 0.25) is 0 Å². The zero-order valence-corrected chi connectivity index (χ0v) is 11.7. The third-order valence-electron chi connectivity index (χ3n) is 3.76. The molecule has 2 aliphatic rings. The molecule has 1 N–H and O–H groups in total. The van der Waals surface area contributed by atoms with Crippen molar-refractivity contribution in [1.29, 1.82) is 0 Å². The van der Waals surface area contributed by atoms with Gasteiger partial charge in [-0.2, -0.15) is 4.99 Å². The lowest BCUT2D eigenvalue weighted by atomic mass is 9.92. The van der Waals surface area contributed by atoms with Crippen molar-refractivity contribution in [3.05, 3.63) is 29.3 Å². The highest BCUT2D eigenvalue weighted by Gasteiger charge is 2.35. The van der Waals surface area contributed by atoms with Crippen LogP contribution < -0.4 is 5.43 Å². The number of fused-ring (bicyclic) bond motifs is 1. The van der Waals surface area contributed by atoms with E-state index in [0.29, 0.717) is 17.1 Å². The molecule has 102 valence electrons. The van der Waals surface area contributed by atoms with Gasteiger partial charge < -0.3 is 4.74 Å². The maximum atomic E-state index is 5.96. The molecule has 0 bridgehead atoms. The smallest absolute Gasteiger partial charge is 0.305 e. The summed E-state index contributed by atoms with van der Waals surface area (Å²) in [5.74, 6) is 0. The molecule has 0 unspecified atom stereocenters. The molecule has 5 heteroatoms. The average molecular weight is 280 g/mol. The fourth-order valence-corrected chi connectivity index (χ4v) is 2.87. The Morgan fingerprint density at radius 3 is 2.79 bits per heavy atom. The van der Waals surface area contributed by atoms with Gasteiger partial charge in [0.15, 0.2) is 0 Å². The lowest BCUT2D eigenvalue weighted by Gasteiger charge is -2.42. The first-order valence-electron chi connectivity index (χ1n) is 6.73. The first-order chi connectivity index (χ1) is 9.22. The van der Waals surface area contributed by atoms with E-state index in [1.165, 1.54) is 19.3 Å². The lowest BCUT2D eigenvalue weighted by Crippen LogP contribution is -2.59. The lowest BCUT2D eigenvalue weighted by molar-refractivity contribution is -0.0179. The third kappa shape index (κ3) is 2.85. The van der Waals surface area contributed by atoms with Crippen LogP contribution in [0, 0.1) is 0 Å². The van der Waals surface area contributed by atoms with Gasteiger partial charge in [0.05, 0.1) is 11.7 Å². The van der Waals surface area contributed by atoms with E-state index in [1.54, 1.807) is 0 Å². The SMILES string of the molecule is CN1NC(=Nc2ccc(Cl)cc2)O[C@H]2CCCC[C@@H]21. The first kappa shape index (κ1) is 12.8. The van der Waals surface area contributed by atoms with E-state index < -0.39 is 0 Å². The highest BCUT2D eigenvalue weighted by Crippen LogP contribution is 2.27. The molecular formula is C14H18ClN3O. The van der Waals surface area contributed by atoms with Gasteiger partial charge in [0.25, 0.3) is 0 Å². The zero-order valence-electron chi connectivity index (χ0n) is 11.0. The second-order valence-electron chi connectivity index (χ2n) is 5.12. The van der Waals surface area contributed by atoms with E-state index in [-0.39, 0.29) is 6.10 Å². The van der Waals surface area contributed by atoms with Crippen molar-refractivity contribution in [3.8, 4) is 0 Å². The van der Waals surface area contributed by atoms with Crippen LogP contribution in [0.3, 0.4) is 0 Å². The van der Waals surface area contributed by atoms with E-state index >= 15 is 0 Å². The van der Waals surface area contributed by atoms with Crippen molar-refractivity contribution in [1.82, 2.24) is 10.4 Å². The van der Waals surface area contributed by atoms with Gasteiger partial charge in [-0.1, -0.05) is 18.0 Å². The van der Waals surface area contributed by atoms with Gasteiger partial charge in [-0.05, 0) is 43.5 Å². The third-order valence-corrected chi connectivity index (χ3v) is 4.01. The number of halogens is 1. The molecule has 0 amide bonds. The summed E-state index contributed by atoms with van der Waals surface area (Å²) in [6.45, 7) is 0. The molecule has 1 aliphatic heterocycles. The molecule has 1 aromatic rings. The van der Waals surface area contributed by atoms with Crippen LogP contribution in [0.2, 0.25) is 5.02 Å². The number of aliphatic imine (C=N–C) groups is 1. The largest absolute Gasteiger partial charge is 0.459 e. The number of hydrogen-bond acceptors (Lipinski definition) is 3. The number of nitrogens with zero attached hydrogens (tertiary/aromatic N) is 2. The minimum Gasteiger partial charge on any atom is -0.459 e. The molecule has 1 heterocycles. The summed E-state index contributed by atoms with van der Waals surface area (Å²) in [7, 11) is 2.06. The summed E-state index contributed by atoms with van der Waals surface area (Å²) in [6.07, 6.45) is 5.06. The Balaban J connectivity index is 1.76. The number of hydrazine groups is 1. The summed E-state index contributed by atoms with van der Waals surface area (Å²) in [6, 6.07) is 8.46. The van der Waals surface area contributed by atoms with Crippen LogP contribution in [0.1, 0.15) is 25.7 Å². The zero-order chi connectivity index (χ0) is 13.2. The van der Waals surface area contributed by atoms with Crippen molar-refractivity contribution in [2.24, 2.45) is 4.99 Å². The maximum Gasteiger partial charge on any atom is 0.305 e. The number of ether oxygens (including phenoxy) is 1. The van der Waals surface area contributed by atoms with Gasteiger partial charge in [-0.25, -0.2) is 5.01 Å². The van der Waals surface area contributed by atoms with Crippen LogP contribution >= 0.6 is 11.6 Å². The predicted molar refractivity (Wildman–Crippen MR) is 76.6 cm³/mol. The van der Waals surface area contributed by atoms with E-state index in [2.05, 4.69) is 22.5 Å². The minimum absolute atomic E-state index is 0.256. The first-order valence-corrected chi connectivity index (χ1v) is 7.10. The molecule has 4 nitrogen and oxygen atoms in total. The average Bonchev–Trinajstić information content (AvgIpc) is 2.42. The summed E-state index contributed by atoms with van der Waals surface area (Å²) >= 11 is 5.87. The number of rotatable bonds is 1. The van der Waals surface area contributed by atoms with E-state index in [9.17, 15) is 0 Å². The van der Waals surface area contributed by atoms with Gasteiger partial charge in [0.1, 0.15) is 6.10 Å². The number of hydrogen-bond donors (Lipinski definition) is 1. The van der Waals surface area contributed by atoms with Crippen molar-refractivity contribution < 1.29 is 4.74 Å². The molecule has 1 saturated heterocycles. The summed E-state index contributed by atoms with van der Waals surface area (Å²) in [5, 5.41) is 2.84. The van der Waals surface area contributed by atoms with Crippen molar-refractivity contribution >= 4 is 23.3 Å². The van der Waals surface area contributed by atoms with Crippen LogP contribution in [0.25, 0.3) is 0 Å². The van der Waals surface area contributed by atoms with E-state index in [1.807, 2.05) is 24.3 Å². The highest BCUT2D eigenvalue weighted by atomic mass is 35.5. The fourth-order valence-electron chi connectivity index (χ4n) is 2.75. The van der Waals surface area contributed by atoms with Crippen LogP contribution in [-0.4, -0.2) is 30.2 Å². The van der Waals surface area contributed by atoms with Crippen LogP contribution in [0.5, 0.6) is 0 Å². The molecule has 0 spiro atoms. The Kier molecular flexibility index (Phi) is 3.62. The number of nitrogens with one attached hydrogen (secondary N) is 1. The topological polar surface area (TPSA) is 36.9 Å². The second kappa shape index (κ2) is 5.39. The molecular weight excluding hydrogens is 262 g/mol. The molecule has 1 saturated carbocycles. The summed E-state index contributed by atoms with van der Waals surface area (Å²) < 4.78 is 5.96. The normalized spacial score (nSPS) is 29.5. The van der Waals surface area contributed by atoms with Crippen molar-refractivity contribution in [2.45, 2.75) is 37.8 Å². The Morgan fingerprint density at radius 1 is 1.26 bits per heavy atom. The molecule has 2 atom stereocenters. The molecule has 1 aromatic carbocycles. The molecule has 19 heavy (non-hydrogen) atoms. The van der Waals surface area contributed by atoms with E-state index in [4.69, 9.17) is 16.3 Å². The second-order valence-corrected chi connectivity index (χ2v) is 5.56. The predicted octanol–water partition coefficient (Wildman–Crippen LogP) is 3.11. The van der Waals surface area contributed by atoms with Gasteiger partial charge in [-0.3, -0.25) is 5.43 Å². The van der Waals surface area contributed by atoms with Gasteiger partial charge in [-0.15, -0.1) is 0 Å². The Morgan fingerprint density at radius 2 is 2.00 bits per heavy atom. The Labute approximate surface area is 118 Å². The molecule has 1 aliphatic carbocycles. The Hall–Kier alpha value is -1.26. The van der Waals surface area contributed by atoms with Gasteiger partial charge >= 0.3 is 6.02 Å². The summed E-state index contributed by atoms with van der Waals surface area (Å²) in [4.78, 5) is 4.48. The standard InChI is InChI=1S/C14H18ClN3O/c1-18-12-4-2-3-5-13(12)19-14(17-18)16-11-8-6-10(15)7-9-11/h6-9,12-13H,2-5H2,1H3,(H,16,17)/t12-,13-/m0/s1. The van der Waals surface area contributed by atoms with Gasteiger partial charge in [0, 0.05) is 12.1 Å². The number of amidine groups is 1. The summed E-state index contributed by atoms with van der Waals surface area (Å²) in [5.41, 5.74) is 4.05. The molecule has 2 fully saturated rings. The highest BCUT2D eigenvalue weighted by molar-refractivity contribution is 6.30. The molecule has 0 radical (unpaired) electrons. The quantitative estimate of drug-likeness (QED) is 0.858. The van der Waals surface area contributed by atoms with Crippen LogP contribution in [0.4, 0.5) is 5.69 Å². The van der Waals surface area contributed by atoms with Crippen molar-refractivity contribution in [3.63, 3.8) is 0 Å². The Bertz CT molecular complexity index is 474. The fraction of sp³-hybridized carbons (Fsp3) is 0.500. The van der Waals surface area contributed by atoms with E-state index in [0.717, 1.165) is 12.1 Å².